The fourth-order valence-electron chi connectivity index (χ4n) is 1.64. The van der Waals surface area contributed by atoms with Crippen molar-refractivity contribution in [2.24, 2.45) is 0 Å². The zero-order chi connectivity index (χ0) is 6.27. The molecule has 49 valence electrons. The van der Waals surface area contributed by atoms with Gasteiger partial charge in [0.1, 0.15) is 0 Å². The van der Waals surface area contributed by atoms with Crippen LogP contribution in [0.2, 0.25) is 0 Å². The smallest absolute Gasteiger partial charge is 0.153 e. The SMILES string of the molecule is O=C1CNC2CC[C]1C2. The Labute approximate surface area is 54.6 Å². The summed E-state index contributed by atoms with van der Waals surface area (Å²) >= 11 is 0. The second kappa shape index (κ2) is 1.81. The van der Waals surface area contributed by atoms with E-state index < -0.39 is 0 Å². The Morgan fingerprint density at radius 2 is 2.44 bits per heavy atom. The Kier molecular flexibility index (Phi) is 1.09. The van der Waals surface area contributed by atoms with Crippen molar-refractivity contribution >= 4 is 5.78 Å². The highest BCUT2D eigenvalue weighted by molar-refractivity contribution is 5.95. The summed E-state index contributed by atoms with van der Waals surface area (Å²) in [4.78, 5) is 11.0. The average molecular weight is 124 g/mol. The molecule has 1 atom stereocenters. The molecule has 0 aromatic rings. The highest BCUT2D eigenvalue weighted by Gasteiger charge is 2.34. The van der Waals surface area contributed by atoms with Gasteiger partial charge in [0, 0.05) is 12.0 Å². The lowest BCUT2D eigenvalue weighted by Crippen LogP contribution is -2.37. The van der Waals surface area contributed by atoms with Gasteiger partial charge in [0.2, 0.25) is 0 Å². The van der Waals surface area contributed by atoms with Crippen LogP contribution in [0.1, 0.15) is 19.3 Å². The summed E-state index contributed by atoms with van der Waals surface area (Å²) in [6.45, 7) is 0.597. The summed E-state index contributed by atoms with van der Waals surface area (Å²) in [5, 5.41) is 3.19. The number of nitrogens with one attached hydrogen (secondary N) is 1. The van der Waals surface area contributed by atoms with Gasteiger partial charge >= 0.3 is 0 Å². The highest BCUT2D eigenvalue weighted by atomic mass is 16.1. The molecule has 1 N–H and O–H groups in total. The largest absolute Gasteiger partial charge is 0.307 e. The Hall–Kier alpha value is -0.370. The van der Waals surface area contributed by atoms with Gasteiger partial charge in [-0.1, -0.05) is 0 Å². The molecule has 1 aliphatic carbocycles. The van der Waals surface area contributed by atoms with Crippen molar-refractivity contribution in [1.82, 2.24) is 5.32 Å². The Morgan fingerprint density at radius 1 is 1.56 bits per heavy atom. The van der Waals surface area contributed by atoms with E-state index in [0.29, 0.717) is 18.4 Å². The predicted octanol–water partition coefficient (Wildman–Crippen LogP) is 0.286. The molecule has 9 heavy (non-hydrogen) atoms. The zero-order valence-corrected chi connectivity index (χ0v) is 5.31. The molecule has 0 spiro atoms. The van der Waals surface area contributed by atoms with Crippen molar-refractivity contribution in [3.05, 3.63) is 5.92 Å². The van der Waals surface area contributed by atoms with E-state index in [0.717, 1.165) is 12.8 Å². The normalized spacial score (nSPS) is 35.6. The van der Waals surface area contributed by atoms with Gasteiger partial charge in [0.15, 0.2) is 5.78 Å². The minimum atomic E-state index is 0.351. The Bertz CT molecular complexity index is 144. The topological polar surface area (TPSA) is 29.1 Å². The molecule has 0 aromatic heterocycles. The molecule has 2 fully saturated rings. The molecular formula is C7H10NO. The van der Waals surface area contributed by atoms with Gasteiger partial charge in [-0.05, 0) is 19.3 Å². The van der Waals surface area contributed by atoms with Crippen LogP contribution in [0.4, 0.5) is 0 Å². The minimum Gasteiger partial charge on any atom is -0.307 e. The monoisotopic (exact) mass is 124 g/mol. The molecule has 1 saturated carbocycles. The van der Waals surface area contributed by atoms with Crippen LogP contribution in [0.3, 0.4) is 0 Å². The van der Waals surface area contributed by atoms with Gasteiger partial charge in [-0.25, -0.2) is 0 Å². The van der Waals surface area contributed by atoms with E-state index >= 15 is 0 Å². The number of carbonyl (C=O) groups excluding carboxylic acids is 1. The summed E-state index contributed by atoms with van der Waals surface area (Å²) in [6.07, 6.45) is 3.26. The molecule has 1 unspecified atom stereocenters. The van der Waals surface area contributed by atoms with Gasteiger partial charge in [-0.3, -0.25) is 4.79 Å². The standard InChI is InChI=1S/C7H10NO/c9-7-4-8-6-2-1-5(7)3-6/h6,8H,1-4H2. The van der Waals surface area contributed by atoms with Crippen LogP contribution in [-0.4, -0.2) is 18.4 Å². The van der Waals surface area contributed by atoms with Crippen molar-refractivity contribution < 1.29 is 4.79 Å². The Morgan fingerprint density at radius 3 is 3.22 bits per heavy atom. The van der Waals surface area contributed by atoms with Gasteiger partial charge in [0.05, 0.1) is 6.54 Å². The maximum Gasteiger partial charge on any atom is 0.153 e. The molecular weight excluding hydrogens is 114 g/mol. The first-order chi connectivity index (χ1) is 4.36. The molecule has 1 aliphatic heterocycles. The van der Waals surface area contributed by atoms with Crippen molar-refractivity contribution in [3.8, 4) is 0 Å². The lowest BCUT2D eigenvalue weighted by molar-refractivity contribution is -0.117. The third-order valence-electron chi connectivity index (χ3n) is 2.23. The first-order valence-electron chi connectivity index (χ1n) is 3.47. The third-order valence-corrected chi connectivity index (χ3v) is 2.23. The average Bonchev–Trinajstić information content (AvgIpc) is 2.25. The van der Waals surface area contributed by atoms with Crippen LogP contribution in [0.25, 0.3) is 0 Å². The van der Waals surface area contributed by atoms with Crippen LogP contribution in [-0.2, 0) is 4.79 Å². The first kappa shape index (κ1) is 5.42. The van der Waals surface area contributed by atoms with E-state index in [-0.39, 0.29) is 0 Å². The second-order valence-corrected chi connectivity index (χ2v) is 2.85. The predicted molar refractivity (Wildman–Crippen MR) is 33.9 cm³/mol. The van der Waals surface area contributed by atoms with Gasteiger partial charge in [-0.2, -0.15) is 0 Å². The van der Waals surface area contributed by atoms with Crippen molar-refractivity contribution in [1.29, 1.82) is 0 Å². The molecule has 2 aliphatic rings. The minimum absolute atomic E-state index is 0.351. The Balaban J connectivity index is 2.14. The summed E-state index contributed by atoms with van der Waals surface area (Å²) < 4.78 is 0. The van der Waals surface area contributed by atoms with E-state index in [2.05, 4.69) is 5.32 Å². The summed E-state index contributed by atoms with van der Waals surface area (Å²) in [6, 6.07) is 0.637. The summed E-state index contributed by atoms with van der Waals surface area (Å²) in [5.74, 6) is 1.53. The number of hydrogen-bond donors (Lipinski definition) is 1. The molecule has 2 nitrogen and oxygen atoms in total. The van der Waals surface area contributed by atoms with Crippen molar-refractivity contribution in [2.75, 3.05) is 6.54 Å². The van der Waals surface area contributed by atoms with E-state index in [9.17, 15) is 4.79 Å². The molecule has 2 rings (SSSR count). The van der Waals surface area contributed by atoms with Crippen LogP contribution < -0.4 is 5.32 Å². The quantitative estimate of drug-likeness (QED) is 0.502. The first-order valence-corrected chi connectivity index (χ1v) is 3.47. The lowest BCUT2D eigenvalue weighted by atomic mass is 10.00. The van der Waals surface area contributed by atoms with E-state index in [1.165, 1.54) is 12.3 Å². The number of carbonyl (C=O) groups is 1. The highest BCUT2D eigenvalue weighted by Crippen LogP contribution is 2.30. The van der Waals surface area contributed by atoms with Crippen LogP contribution in [0.15, 0.2) is 0 Å². The molecule has 2 bridgehead atoms. The van der Waals surface area contributed by atoms with Crippen LogP contribution >= 0.6 is 0 Å². The van der Waals surface area contributed by atoms with Gasteiger partial charge in [0.25, 0.3) is 0 Å². The number of piperidine rings is 1. The molecule has 0 amide bonds. The lowest BCUT2D eigenvalue weighted by Gasteiger charge is -2.17. The number of rotatable bonds is 0. The van der Waals surface area contributed by atoms with Crippen LogP contribution in [0.5, 0.6) is 0 Å². The number of Topliss-reactive ketones (excluding diaryl/α,β-unsaturated/α-hetero) is 1. The van der Waals surface area contributed by atoms with E-state index in [1.54, 1.807) is 0 Å². The van der Waals surface area contributed by atoms with Crippen molar-refractivity contribution in [3.63, 3.8) is 0 Å². The van der Waals surface area contributed by atoms with Gasteiger partial charge in [-0.15, -0.1) is 0 Å². The number of fused-ring (bicyclic) bond motifs is 2. The molecule has 0 aromatic carbocycles. The number of hydrogen-bond acceptors (Lipinski definition) is 2. The molecule has 1 saturated heterocycles. The fourth-order valence-corrected chi connectivity index (χ4v) is 1.64. The maximum atomic E-state index is 11.0. The second-order valence-electron chi connectivity index (χ2n) is 2.85. The van der Waals surface area contributed by atoms with Crippen LogP contribution in [0, 0.1) is 5.92 Å². The molecule has 1 heterocycles. The van der Waals surface area contributed by atoms with Gasteiger partial charge < -0.3 is 5.32 Å². The molecule has 2 heteroatoms. The summed E-state index contributed by atoms with van der Waals surface area (Å²) in [7, 11) is 0. The fraction of sp³-hybridized carbons (Fsp3) is 0.714. The molecule has 1 radical (unpaired) electrons. The summed E-state index contributed by atoms with van der Waals surface area (Å²) in [5.41, 5.74) is 0. The third kappa shape index (κ3) is 0.778. The number of ketones is 1. The zero-order valence-electron chi connectivity index (χ0n) is 5.31. The van der Waals surface area contributed by atoms with E-state index in [4.69, 9.17) is 0 Å². The maximum absolute atomic E-state index is 11.0. The van der Waals surface area contributed by atoms with E-state index in [1.807, 2.05) is 0 Å². The van der Waals surface area contributed by atoms with Crippen molar-refractivity contribution in [2.45, 2.75) is 25.3 Å².